The summed E-state index contributed by atoms with van der Waals surface area (Å²) in [4.78, 5) is 16.9. The van der Waals surface area contributed by atoms with Crippen molar-refractivity contribution in [1.29, 1.82) is 0 Å². The molecule has 1 amide bonds. The number of halogens is 1. The number of thioether (sulfide) groups is 1. The van der Waals surface area contributed by atoms with Crippen LogP contribution in [-0.4, -0.2) is 64.6 Å². The van der Waals surface area contributed by atoms with Gasteiger partial charge in [-0.05, 0) is 35.9 Å². The summed E-state index contributed by atoms with van der Waals surface area (Å²) in [6.45, 7) is 4.11. The number of carbonyl (C=O) groups is 1. The van der Waals surface area contributed by atoms with E-state index in [4.69, 9.17) is 25.5 Å². The summed E-state index contributed by atoms with van der Waals surface area (Å²) in [6.07, 6.45) is 0. The molecule has 5 rings (SSSR count). The molecule has 0 bridgehead atoms. The van der Waals surface area contributed by atoms with Crippen molar-refractivity contribution in [2.75, 3.05) is 38.7 Å². The zero-order valence-corrected chi connectivity index (χ0v) is 18.8. The second-order valence-corrected chi connectivity index (χ2v) is 8.88. The molecule has 166 valence electrons. The molecule has 0 aliphatic carbocycles. The average Bonchev–Trinajstić information content (AvgIpc) is 3.47. The van der Waals surface area contributed by atoms with Gasteiger partial charge in [0.15, 0.2) is 11.5 Å². The third-order valence-electron chi connectivity index (χ3n) is 5.37. The fourth-order valence-corrected chi connectivity index (χ4v) is 4.56. The first kappa shape index (κ1) is 21.1. The fraction of sp³-hybridized carbons (Fsp3) is 0.318. The lowest BCUT2D eigenvalue weighted by Crippen LogP contribution is -2.48. The van der Waals surface area contributed by atoms with Gasteiger partial charge in [0.05, 0.1) is 5.75 Å². The monoisotopic (exact) mass is 472 g/mol. The summed E-state index contributed by atoms with van der Waals surface area (Å²) in [5.41, 5.74) is 1.93. The maximum atomic E-state index is 12.6. The van der Waals surface area contributed by atoms with E-state index >= 15 is 0 Å². The standard InChI is InChI=1S/C22H21ClN4O4S/c23-17-3-1-2-15(10-17)12-26-6-8-27(9-7-26)20(28)13-32-22-25-24-21(31-22)16-4-5-18-19(11-16)30-14-29-18/h1-5,10-11H,6-9,12-14H2. The van der Waals surface area contributed by atoms with Crippen LogP contribution in [0.25, 0.3) is 11.5 Å². The van der Waals surface area contributed by atoms with Crippen molar-refractivity contribution in [3.63, 3.8) is 0 Å². The maximum absolute atomic E-state index is 12.6. The van der Waals surface area contributed by atoms with Crippen LogP contribution in [0.1, 0.15) is 5.56 Å². The number of piperazine rings is 1. The number of ether oxygens (including phenoxy) is 2. The molecule has 2 aromatic carbocycles. The minimum atomic E-state index is 0.0697. The van der Waals surface area contributed by atoms with Crippen molar-refractivity contribution >= 4 is 29.3 Å². The van der Waals surface area contributed by atoms with Gasteiger partial charge in [-0.25, -0.2) is 0 Å². The number of aromatic nitrogens is 2. The minimum Gasteiger partial charge on any atom is -0.454 e. The largest absolute Gasteiger partial charge is 0.454 e. The van der Waals surface area contributed by atoms with E-state index in [0.29, 0.717) is 35.7 Å². The molecule has 0 saturated carbocycles. The maximum Gasteiger partial charge on any atom is 0.277 e. The van der Waals surface area contributed by atoms with Gasteiger partial charge >= 0.3 is 0 Å². The second-order valence-electron chi connectivity index (χ2n) is 7.52. The highest BCUT2D eigenvalue weighted by molar-refractivity contribution is 7.99. The average molecular weight is 473 g/mol. The Balaban J connectivity index is 1.10. The molecule has 10 heteroatoms. The van der Waals surface area contributed by atoms with E-state index in [1.54, 1.807) is 6.07 Å². The molecule has 0 atom stereocenters. The summed E-state index contributed by atoms with van der Waals surface area (Å²) < 4.78 is 16.4. The molecule has 1 aromatic heterocycles. The van der Waals surface area contributed by atoms with Crippen molar-refractivity contribution in [1.82, 2.24) is 20.0 Å². The van der Waals surface area contributed by atoms with Gasteiger partial charge in [0.2, 0.25) is 18.6 Å². The first-order valence-corrected chi connectivity index (χ1v) is 11.6. The van der Waals surface area contributed by atoms with Crippen molar-refractivity contribution in [2.45, 2.75) is 11.8 Å². The Morgan fingerprint density at radius 3 is 2.72 bits per heavy atom. The Hall–Kier alpha value is -2.75. The van der Waals surface area contributed by atoms with Crippen molar-refractivity contribution < 1.29 is 18.7 Å². The number of carbonyl (C=O) groups excluding carboxylic acids is 1. The van der Waals surface area contributed by atoms with Crippen LogP contribution in [0.15, 0.2) is 52.1 Å². The number of amides is 1. The number of hydrogen-bond donors (Lipinski definition) is 0. The van der Waals surface area contributed by atoms with Gasteiger partial charge in [-0.3, -0.25) is 9.69 Å². The van der Waals surface area contributed by atoms with Crippen LogP contribution >= 0.6 is 23.4 Å². The molecular weight excluding hydrogens is 452 g/mol. The van der Waals surface area contributed by atoms with E-state index in [9.17, 15) is 4.79 Å². The van der Waals surface area contributed by atoms with Crippen LogP contribution in [0, 0.1) is 0 Å². The Labute approximate surface area is 194 Å². The van der Waals surface area contributed by atoms with Crippen LogP contribution in [-0.2, 0) is 11.3 Å². The molecular formula is C22H21ClN4O4S. The Morgan fingerprint density at radius 2 is 1.88 bits per heavy atom. The van der Waals surface area contributed by atoms with E-state index in [1.807, 2.05) is 35.2 Å². The van der Waals surface area contributed by atoms with Gasteiger partial charge in [-0.2, -0.15) is 0 Å². The van der Waals surface area contributed by atoms with E-state index in [1.165, 1.54) is 17.3 Å². The van der Waals surface area contributed by atoms with Crippen LogP contribution in [0.5, 0.6) is 11.5 Å². The van der Waals surface area contributed by atoms with Crippen molar-refractivity contribution in [3.05, 3.63) is 53.1 Å². The van der Waals surface area contributed by atoms with Crippen molar-refractivity contribution in [2.24, 2.45) is 0 Å². The molecule has 8 nitrogen and oxygen atoms in total. The van der Waals surface area contributed by atoms with E-state index in [2.05, 4.69) is 21.2 Å². The SMILES string of the molecule is O=C(CSc1nnc(-c2ccc3c(c2)OCO3)o1)N1CCN(Cc2cccc(Cl)c2)CC1. The highest BCUT2D eigenvalue weighted by atomic mass is 35.5. The Morgan fingerprint density at radius 1 is 1.03 bits per heavy atom. The first-order valence-electron chi connectivity index (χ1n) is 10.2. The van der Waals surface area contributed by atoms with E-state index in [-0.39, 0.29) is 18.5 Å². The molecule has 0 radical (unpaired) electrons. The zero-order valence-electron chi connectivity index (χ0n) is 17.2. The van der Waals surface area contributed by atoms with Gasteiger partial charge in [0.1, 0.15) is 0 Å². The molecule has 3 heterocycles. The van der Waals surface area contributed by atoms with E-state index in [0.717, 1.165) is 30.2 Å². The van der Waals surface area contributed by atoms with Crippen LogP contribution in [0.4, 0.5) is 0 Å². The quantitative estimate of drug-likeness (QED) is 0.504. The molecule has 1 saturated heterocycles. The van der Waals surface area contributed by atoms with Gasteiger partial charge in [-0.15, -0.1) is 10.2 Å². The molecule has 3 aromatic rings. The summed E-state index contributed by atoms with van der Waals surface area (Å²) in [5.74, 6) is 2.06. The Bertz CT molecular complexity index is 1120. The van der Waals surface area contributed by atoms with Crippen LogP contribution in [0.3, 0.4) is 0 Å². The van der Waals surface area contributed by atoms with Gasteiger partial charge in [-0.1, -0.05) is 35.5 Å². The van der Waals surface area contributed by atoms with E-state index < -0.39 is 0 Å². The van der Waals surface area contributed by atoms with Gasteiger partial charge in [0.25, 0.3) is 5.22 Å². The zero-order chi connectivity index (χ0) is 21.9. The second kappa shape index (κ2) is 9.40. The van der Waals surface area contributed by atoms with Gasteiger partial charge in [0, 0.05) is 43.3 Å². The lowest BCUT2D eigenvalue weighted by atomic mass is 10.2. The summed E-state index contributed by atoms with van der Waals surface area (Å²) in [6, 6.07) is 13.3. The van der Waals surface area contributed by atoms with Crippen LogP contribution in [0.2, 0.25) is 5.02 Å². The highest BCUT2D eigenvalue weighted by Crippen LogP contribution is 2.36. The number of benzene rings is 2. The minimum absolute atomic E-state index is 0.0697. The Kier molecular flexibility index (Phi) is 6.20. The first-order chi connectivity index (χ1) is 15.6. The molecule has 2 aliphatic heterocycles. The third-order valence-corrected chi connectivity index (χ3v) is 6.40. The predicted molar refractivity (Wildman–Crippen MR) is 120 cm³/mol. The third kappa shape index (κ3) is 4.85. The smallest absolute Gasteiger partial charge is 0.277 e. The molecule has 0 N–H and O–H groups in total. The number of rotatable bonds is 6. The molecule has 0 unspecified atom stereocenters. The summed E-state index contributed by atoms with van der Waals surface area (Å²) in [5, 5.41) is 9.25. The normalized spacial score (nSPS) is 15.8. The molecule has 1 fully saturated rings. The molecule has 2 aliphatic rings. The topological polar surface area (TPSA) is 80.9 Å². The van der Waals surface area contributed by atoms with Crippen molar-refractivity contribution in [3.8, 4) is 23.0 Å². The lowest BCUT2D eigenvalue weighted by molar-refractivity contribution is -0.130. The highest BCUT2D eigenvalue weighted by Gasteiger charge is 2.22. The van der Waals surface area contributed by atoms with Gasteiger partial charge < -0.3 is 18.8 Å². The lowest BCUT2D eigenvalue weighted by Gasteiger charge is -2.34. The number of fused-ring (bicyclic) bond motifs is 1. The predicted octanol–water partition coefficient (Wildman–Crippen LogP) is 3.56. The molecule has 32 heavy (non-hydrogen) atoms. The number of hydrogen-bond acceptors (Lipinski definition) is 8. The summed E-state index contributed by atoms with van der Waals surface area (Å²) in [7, 11) is 0. The number of nitrogens with zero attached hydrogens (tertiary/aromatic N) is 4. The summed E-state index contributed by atoms with van der Waals surface area (Å²) >= 11 is 7.32. The molecule has 0 spiro atoms. The fourth-order valence-electron chi connectivity index (χ4n) is 3.68. The van der Waals surface area contributed by atoms with Crippen LogP contribution < -0.4 is 9.47 Å².